The second-order valence-electron chi connectivity index (χ2n) is 6.55. The van der Waals surface area contributed by atoms with Gasteiger partial charge >= 0.3 is 0 Å². The van der Waals surface area contributed by atoms with Gasteiger partial charge in [-0.3, -0.25) is 4.79 Å². The fourth-order valence-corrected chi connectivity index (χ4v) is 4.46. The van der Waals surface area contributed by atoms with Crippen LogP contribution in [0.4, 0.5) is 5.69 Å². The number of hydrogen-bond acceptors (Lipinski definition) is 5. The molecule has 1 aromatic heterocycles. The second kappa shape index (κ2) is 7.85. The van der Waals surface area contributed by atoms with Crippen LogP contribution in [0.3, 0.4) is 0 Å². The predicted octanol–water partition coefficient (Wildman–Crippen LogP) is 4.20. The van der Waals surface area contributed by atoms with E-state index in [9.17, 15) is 4.79 Å². The van der Waals surface area contributed by atoms with Gasteiger partial charge in [-0.2, -0.15) is 0 Å². The van der Waals surface area contributed by atoms with Crippen molar-refractivity contribution in [3.05, 3.63) is 70.5 Å². The fraction of sp³-hybridized carbons (Fsp3) is 0.250. The van der Waals surface area contributed by atoms with Crippen molar-refractivity contribution < 1.29 is 4.79 Å². The lowest BCUT2D eigenvalue weighted by Gasteiger charge is -2.33. The van der Waals surface area contributed by atoms with E-state index in [4.69, 9.17) is 11.6 Å². The number of halogens is 1. The van der Waals surface area contributed by atoms with Crippen molar-refractivity contribution in [3.8, 4) is 0 Å². The molecule has 4 rings (SSSR count). The molecule has 0 radical (unpaired) electrons. The van der Waals surface area contributed by atoms with Crippen LogP contribution in [0, 0.1) is 6.92 Å². The number of nitrogens with one attached hydrogen (secondary N) is 2. The zero-order valence-corrected chi connectivity index (χ0v) is 17.1. The van der Waals surface area contributed by atoms with Crippen LogP contribution in [0.2, 0.25) is 5.02 Å². The summed E-state index contributed by atoms with van der Waals surface area (Å²) in [6.45, 7) is 3.92. The Balaban J connectivity index is 1.68. The van der Waals surface area contributed by atoms with Gasteiger partial charge in [0.25, 0.3) is 0 Å². The molecular weight excluding hydrogens is 394 g/mol. The van der Waals surface area contributed by atoms with Crippen LogP contribution in [-0.4, -0.2) is 26.0 Å². The molecule has 1 amide bonds. The number of thioether (sulfide) groups is 1. The zero-order chi connectivity index (χ0) is 19.7. The third-order valence-electron chi connectivity index (χ3n) is 4.76. The fourth-order valence-electron chi connectivity index (χ4n) is 3.18. The summed E-state index contributed by atoms with van der Waals surface area (Å²) in [5.74, 6) is 0.733. The topological polar surface area (TPSA) is 71.8 Å². The number of carbonyl (C=O) groups is 1. The Bertz CT molecular complexity index is 1010. The maximum atomic E-state index is 13.2. The van der Waals surface area contributed by atoms with Crippen molar-refractivity contribution in [1.82, 2.24) is 14.9 Å². The molecule has 2 aromatic carbocycles. The largest absolute Gasteiger partial charge is 0.325 e. The summed E-state index contributed by atoms with van der Waals surface area (Å²) < 4.78 is 1.89. The monoisotopic (exact) mass is 413 g/mol. The number of hydrogen-bond donors (Lipinski definition) is 2. The Morgan fingerprint density at radius 1 is 1.21 bits per heavy atom. The van der Waals surface area contributed by atoms with Gasteiger partial charge in [0.1, 0.15) is 5.25 Å². The number of carbonyl (C=O) groups excluding carboxylic acids is 1. The summed E-state index contributed by atoms with van der Waals surface area (Å²) in [4.78, 5) is 13.2. The van der Waals surface area contributed by atoms with Crippen molar-refractivity contribution in [2.45, 2.75) is 36.7 Å². The molecule has 3 aromatic rings. The summed E-state index contributed by atoms with van der Waals surface area (Å²) in [6.07, 6.45) is 0.751. The maximum Gasteiger partial charge on any atom is 0.240 e. The number of anilines is 1. The maximum absolute atomic E-state index is 13.2. The third kappa shape index (κ3) is 3.47. The van der Waals surface area contributed by atoms with Gasteiger partial charge in [-0.15, -0.1) is 10.2 Å². The van der Waals surface area contributed by atoms with Gasteiger partial charge in [0.05, 0.1) is 6.04 Å². The molecule has 6 nitrogen and oxygen atoms in total. The smallest absolute Gasteiger partial charge is 0.240 e. The highest BCUT2D eigenvalue weighted by molar-refractivity contribution is 8.00. The van der Waals surface area contributed by atoms with E-state index in [2.05, 4.69) is 20.9 Å². The molecule has 0 aliphatic carbocycles. The molecule has 1 aliphatic rings. The predicted molar refractivity (Wildman–Crippen MR) is 112 cm³/mol. The van der Waals surface area contributed by atoms with E-state index >= 15 is 0 Å². The van der Waals surface area contributed by atoms with Gasteiger partial charge in [0.2, 0.25) is 11.1 Å². The number of nitrogens with zero attached hydrogens (tertiary/aromatic N) is 3. The van der Waals surface area contributed by atoms with Gasteiger partial charge in [-0.05, 0) is 30.2 Å². The van der Waals surface area contributed by atoms with Crippen LogP contribution in [0.25, 0.3) is 0 Å². The van der Waals surface area contributed by atoms with Crippen molar-refractivity contribution in [2.75, 3.05) is 10.7 Å². The molecule has 2 heterocycles. The summed E-state index contributed by atoms with van der Waals surface area (Å²) in [5, 5.41) is 12.4. The summed E-state index contributed by atoms with van der Waals surface area (Å²) in [5.41, 5.74) is 6.03. The first-order valence-electron chi connectivity index (χ1n) is 9.07. The summed E-state index contributed by atoms with van der Waals surface area (Å²) in [6, 6.07) is 15.2. The lowest BCUT2D eigenvalue weighted by molar-refractivity contribution is -0.116. The Morgan fingerprint density at radius 2 is 2.00 bits per heavy atom. The number of fused-ring (bicyclic) bond motifs is 1. The number of aromatic nitrogens is 3. The molecule has 0 fully saturated rings. The van der Waals surface area contributed by atoms with Crippen LogP contribution in [0.5, 0.6) is 0 Å². The average Bonchev–Trinajstić information content (AvgIpc) is 3.13. The Hall–Kier alpha value is -2.51. The molecular formula is C20H20ClN5OS. The normalized spacial score (nSPS) is 18.2. The second-order valence-corrected chi connectivity index (χ2v) is 8.06. The number of amides is 1. The first-order valence-corrected chi connectivity index (χ1v) is 10.3. The first-order chi connectivity index (χ1) is 13.6. The van der Waals surface area contributed by atoms with Crippen LogP contribution < -0.4 is 10.7 Å². The Kier molecular flexibility index (Phi) is 5.28. The van der Waals surface area contributed by atoms with Crippen molar-refractivity contribution in [3.63, 3.8) is 0 Å². The van der Waals surface area contributed by atoms with E-state index in [1.165, 1.54) is 11.8 Å². The average molecular weight is 414 g/mol. The minimum Gasteiger partial charge on any atom is -0.325 e. The number of aryl methyl sites for hydroxylation is 1. The molecule has 0 saturated heterocycles. The first kappa shape index (κ1) is 18.8. The summed E-state index contributed by atoms with van der Waals surface area (Å²) >= 11 is 7.62. The van der Waals surface area contributed by atoms with E-state index in [1.54, 1.807) is 0 Å². The quantitative estimate of drug-likeness (QED) is 0.670. The van der Waals surface area contributed by atoms with Crippen molar-refractivity contribution >= 4 is 35.0 Å². The molecule has 0 saturated carbocycles. The van der Waals surface area contributed by atoms with Crippen LogP contribution in [-0.2, 0) is 11.2 Å². The minimum atomic E-state index is -0.415. The van der Waals surface area contributed by atoms with Crippen LogP contribution in [0.1, 0.15) is 29.9 Å². The Morgan fingerprint density at radius 3 is 2.75 bits per heavy atom. The number of rotatable bonds is 4. The standard InChI is InChI=1S/C20H20ClN5OS/c1-3-16-23-24-20-26(16)25-17(13-8-5-4-6-9-13)18(28-20)19(27)22-15-11-7-10-14(21)12(15)2/h4-11,17-18,25H,3H2,1-2H3,(H,22,27)/t17-,18-/m1/s1. The lowest BCUT2D eigenvalue weighted by atomic mass is 10.0. The highest BCUT2D eigenvalue weighted by atomic mass is 35.5. The minimum absolute atomic E-state index is 0.107. The SMILES string of the molecule is CCc1nnc2n1N[C@H](c1ccccc1)[C@H](C(=O)Nc1cccc(Cl)c1C)S2. The van der Waals surface area contributed by atoms with E-state index in [-0.39, 0.29) is 11.9 Å². The van der Waals surface area contributed by atoms with Crippen molar-refractivity contribution in [1.29, 1.82) is 0 Å². The molecule has 2 atom stereocenters. The molecule has 0 bridgehead atoms. The third-order valence-corrected chi connectivity index (χ3v) is 6.39. The van der Waals surface area contributed by atoms with Crippen molar-refractivity contribution in [2.24, 2.45) is 0 Å². The van der Waals surface area contributed by atoms with E-state index in [0.717, 1.165) is 23.4 Å². The van der Waals surface area contributed by atoms with Crippen LogP contribution >= 0.6 is 23.4 Å². The van der Waals surface area contributed by atoms with E-state index in [1.807, 2.05) is 67.1 Å². The highest BCUT2D eigenvalue weighted by Crippen LogP contribution is 2.38. The Labute approximate surface area is 172 Å². The van der Waals surface area contributed by atoms with Gasteiger partial charge in [0, 0.05) is 17.1 Å². The van der Waals surface area contributed by atoms with E-state index < -0.39 is 5.25 Å². The lowest BCUT2D eigenvalue weighted by Crippen LogP contribution is -2.41. The molecule has 8 heteroatoms. The van der Waals surface area contributed by atoms with Gasteiger partial charge in [-0.25, -0.2) is 4.68 Å². The molecule has 28 heavy (non-hydrogen) atoms. The molecule has 2 N–H and O–H groups in total. The van der Waals surface area contributed by atoms with E-state index in [0.29, 0.717) is 15.9 Å². The number of benzene rings is 2. The van der Waals surface area contributed by atoms with Gasteiger partial charge in [-0.1, -0.05) is 66.7 Å². The zero-order valence-electron chi connectivity index (χ0n) is 15.5. The van der Waals surface area contributed by atoms with Crippen LogP contribution in [0.15, 0.2) is 53.7 Å². The van der Waals surface area contributed by atoms with Gasteiger partial charge < -0.3 is 10.7 Å². The molecule has 0 spiro atoms. The van der Waals surface area contributed by atoms with Gasteiger partial charge in [0.15, 0.2) is 5.82 Å². The highest BCUT2D eigenvalue weighted by Gasteiger charge is 2.37. The molecule has 144 valence electrons. The molecule has 0 unspecified atom stereocenters. The summed E-state index contributed by atoms with van der Waals surface area (Å²) in [7, 11) is 0. The molecule has 1 aliphatic heterocycles.